The Morgan fingerprint density at radius 3 is 2.58 bits per heavy atom. The molecular formula is C26H30FN3O. The number of urea groups is 1. The fraction of sp³-hybridized carbons (Fsp3) is 0.346. The van der Waals surface area contributed by atoms with Gasteiger partial charge in [-0.2, -0.15) is 0 Å². The zero-order valence-electron chi connectivity index (χ0n) is 18.1. The van der Waals surface area contributed by atoms with Crippen LogP contribution in [0.5, 0.6) is 0 Å². The summed E-state index contributed by atoms with van der Waals surface area (Å²) in [6, 6.07) is 18.8. The third-order valence-electron chi connectivity index (χ3n) is 6.08. The predicted octanol–water partition coefficient (Wildman–Crippen LogP) is 6.35. The predicted molar refractivity (Wildman–Crippen MR) is 123 cm³/mol. The number of aryl methyl sites for hydroxylation is 1. The number of halogens is 1. The van der Waals surface area contributed by atoms with E-state index in [1.165, 1.54) is 12.5 Å². The Hall–Kier alpha value is -3.08. The van der Waals surface area contributed by atoms with Crippen molar-refractivity contribution >= 4 is 11.7 Å². The fourth-order valence-electron chi connectivity index (χ4n) is 4.35. The van der Waals surface area contributed by atoms with Crippen molar-refractivity contribution in [3.05, 3.63) is 89.5 Å². The summed E-state index contributed by atoms with van der Waals surface area (Å²) in [5.74, 6) is -0.229. The molecular weight excluding hydrogens is 389 g/mol. The van der Waals surface area contributed by atoms with Gasteiger partial charge in [-0.3, -0.25) is 0 Å². The number of aromatic nitrogens is 1. The first kappa shape index (κ1) is 21.2. The first-order chi connectivity index (χ1) is 15.1. The van der Waals surface area contributed by atoms with Gasteiger partial charge in [-0.1, -0.05) is 49.1 Å². The van der Waals surface area contributed by atoms with Gasteiger partial charge in [0.2, 0.25) is 0 Å². The molecule has 0 unspecified atom stereocenters. The lowest BCUT2D eigenvalue weighted by Crippen LogP contribution is -2.43. The maximum Gasteiger partial charge on any atom is 0.322 e. The molecule has 2 amide bonds. The van der Waals surface area contributed by atoms with Crippen molar-refractivity contribution in [2.75, 3.05) is 5.32 Å². The van der Waals surface area contributed by atoms with Gasteiger partial charge in [-0.15, -0.1) is 0 Å². The molecule has 162 valence electrons. The topological polar surface area (TPSA) is 37.3 Å². The van der Waals surface area contributed by atoms with Crippen LogP contribution in [-0.2, 0) is 13.1 Å². The van der Waals surface area contributed by atoms with Gasteiger partial charge in [-0.05, 0) is 61.7 Å². The van der Waals surface area contributed by atoms with E-state index in [0.29, 0.717) is 13.1 Å². The second-order valence-corrected chi connectivity index (χ2v) is 8.47. The smallest absolute Gasteiger partial charge is 0.322 e. The molecule has 1 saturated carbocycles. The van der Waals surface area contributed by atoms with Crippen LogP contribution in [-0.4, -0.2) is 21.5 Å². The average Bonchev–Trinajstić information content (AvgIpc) is 3.21. The molecule has 1 N–H and O–H groups in total. The quantitative estimate of drug-likeness (QED) is 0.497. The lowest BCUT2D eigenvalue weighted by molar-refractivity contribution is 0.161. The standard InChI is InChI=1S/C26H30FN3O/c1-20-12-14-23(15-13-20)28-26(31)30(24-9-3-2-4-10-24)19-25-11-6-16-29(25)18-21-7-5-8-22(27)17-21/h5-8,11-17,24H,2-4,9-10,18-19H2,1H3,(H,28,31). The first-order valence-corrected chi connectivity index (χ1v) is 11.1. The summed E-state index contributed by atoms with van der Waals surface area (Å²) in [7, 11) is 0. The number of hydrogen-bond donors (Lipinski definition) is 1. The molecule has 1 aliphatic rings. The highest BCUT2D eigenvalue weighted by molar-refractivity contribution is 5.89. The summed E-state index contributed by atoms with van der Waals surface area (Å²) in [6.07, 6.45) is 7.61. The van der Waals surface area contributed by atoms with Crippen LogP contribution in [0.25, 0.3) is 0 Å². The van der Waals surface area contributed by atoms with Gasteiger partial charge in [-0.25, -0.2) is 9.18 Å². The molecule has 0 spiro atoms. The number of nitrogens with one attached hydrogen (secondary N) is 1. The maximum atomic E-state index is 13.6. The van der Waals surface area contributed by atoms with Crippen LogP contribution in [0.2, 0.25) is 0 Å². The number of carbonyl (C=O) groups is 1. The molecule has 2 aromatic carbocycles. The summed E-state index contributed by atoms with van der Waals surface area (Å²) in [6.45, 7) is 3.15. The molecule has 0 bridgehead atoms. The van der Waals surface area contributed by atoms with Gasteiger partial charge < -0.3 is 14.8 Å². The van der Waals surface area contributed by atoms with Crippen LogP contribution in [0.1, 0.15) is 48.9 Å². The monoisotopic (exact) mass is 419 g/mol. The minimum absolute atomic E-state index is 0.0609. The Morgan fingerprint density at radius 2 is 1.84 bits per heavy atom. The highest BCUT2D eigenvalue weighted by Gasteiger charge is 2.26. The molecule has 0 aliphatic heterocycles. The van der Waals surface area contributed by atoms with Crippen molar-refractivity contribution in [1.29, 1.82) is 0 Å². The Morgan fingerprint density at radius 1 is 1.06 bits per heavy atom. The Labute approximate surface area is 183 Å². The molecule has 4 nitrogen and oxygen atoms in total. The lowest BCUT2D eigenvalue weighted by atomic mass is 9.94. The number of anilines is 1. The molecule has 0 radical (unpaired) electrons. The van der Waals surface area contributed by atoms with Crippen molar-refractivity contribution in [2.24, 2.45) is 0 Å². The van der Waals surface area contributed by atoms with Gasteiger partial charge in [0.05, 0.1) is 6.54 Å². The van der Waals surface area contributed by atoms with Crippen molar-refractivity contribution in [2.45, 2.75) is 58.2 Å². The van der Waals surface area contributed by atoms with Crippen molar-refractivity contribution < 1.29 is 9.18 Å². The van der Waals surface area contributed by atoms with Crippen LogP contribution >= 0.6 is 0 Å². The SMILES string of the molecule is Cc1ccc(NC(=O)N(Cc2cccn2Cc2cccc(F)c2)C2CCCCC2)cc1. The molecule has 1 heterocycles. The van der Waals surface area contributed by atoms with E-state index in [2.05, 4.69) is 9.88 Å². The summed E-state index contributed by atoms with van der Waals surface area (Å²) < 4.78 is 15.7. The van der Waals surface area contributed by atoms with E-state index in [0.717, 1.165) is 48.2 Å². The second kappa shape index (κ2) is 9.82. The van der Waals surface area contributed by atoms with Crippen LogP contribution in [0.15, 0.2) is 66.9 Å². The van der Waals surface area contributed by atoms with Crippen LogP contribution in [0, 0.1) is 12.7 Å². The zero-order valence-corrected chi connectivity index (χ0v) is 18.1. The highest BCUT2D eigenvalue weighted by Crippen LogP contribution is 2.25. The number of nitrogens with zero attached hydrogens (tertiary/aromatic N) is 2. The van der Waals surface area contributed by atoms with E-state index >= 15 is 0 Å². The minimum Gasteiger partial charge on any atom is -0.345 e. The Bertz CT molecular complexity index is 1010. The highest BCUT2D eigenvalue weighted by atomic mass is 19.1. The number of benzene rings is 2. The van der Waals surface area contributed by atoms with Crippen molar-refractivity contribution in [1.82, 2.24) is 9.47 Å². The van der Waals surface area contributed by atoms with Gasteiger partial charge in [0.25, 0.3) is 0 Å². The average molecular weight is 420 g/mol. The van der Waals surface area contributed by atoms with Crippen molar-refractivity contribution in [3.8, 4) is 0 Å². The van der Waals surface area contributed by atoms with E-state index in [1.807, 2.05) is 60.5 Å². The molecule has 0 saturated heterocycles. The van der Waals surface area contributed by atoms with E-state index in [4.69, 9.17) is 0 Å². The van der Waals surface area contributed by atoms with Crippen molar-refractivity contribution in [3.63, 3.8) is 0 Å². The first-order valence-electron chi connectivity index (χ1n) is 11.1. The normalized spacial score (nSPS) is 14.4. The van der Waals surface area contributed by atoms with E-state index in [1.54, 1.807) is 12.1 Å². The van der Waals surface area contributed by atoms with E-state index < -0.39 is 0 Å². The summed E-state index contributed by atoms with van der Waals surface area (Å²) in [4.78, 5) is 15.3. The van der Waals surface area contributed by atoms with Crippen LogP contribution in [0.4, 0.5) is 14.9 Å². The number of hydrogen-bond acceptors (Lipinski definition) is 1. The lowest BCUT2D eigenvalue weighted by Gasteiger charge is -2.34. The molecule has 1 aliphatic carbocycles. The third-order valence-corrected chi connectivity index (χ3v) is 6.08. The molecule has 31 heavy (non-hydrogen) atoms. The fourth-order valence-corrected chi connectivity index (χ4v) is 4.35. The number of rotatable bonds is 6. The molecule has 1 fully saturated rings. The molecule has 1 aromatic heterocycles. The number of carbonyl (C=O) groups excluding carboxylic acids is 1. The molecule has 5 heteroatoms. The Balaban J connectivity index is 1.53. The van der Waals surface area contributed by atoms with Gasteiger partial charge in [0.15, 0.2) is 0 Å². The molecule has 0 atom stereocenters. The van der Waals surface area contributed by atoms with E-state index in [-0.39, 0.29) is 17.9 Å². The number of amides is 2. The van der Waals surface area contributed by atoms with E-state index in [9.17, 15) is 9.18 Å². The van der Waals surface area contributed by atoms with Crippen LogP contribution in [0.3, 0.4) is 0 Å². The maximum absolute atomic E-state index is 13.6. The Kier molecular flexibility index (Phi) is 6.70. The largest absolute Gasteiger partial charge is 0.345 e. The minimum atomic E-state index is -0.229. The van der Waals surface area contributed by atoms with Gasteiger partial charge in [0.1, 0.15) is 5.82 Å². The summed E-state index contributed by atoms with van der Waals surface area (Å²) >= 11 is 0. The summed E-state index contributed by atoms with van der Waals surface area (Å²) in [5.41, 5.74) is 3.93. The molecule has 3 aromatic rings. The second-order valence-electron chi connectivity index (χ2n) is 8.47. The third kappa shape index (κ3) is 5.54. The molecule has 4 rings (SSSR count). The zero-order chi connectivity index (χ0) is 21.6. The summed E-state index contributed by atoms with van der Waals surface area (Å²) in [5, 5.41) is 3.08. The van der Waals surface area contributed by atoms with Gasteiger partial charge >= 0.3 is 6.03 Å². The van der Waals surface area contributed by atoms with Crippen LogP contribution < -0.4 is 5.32 Å². The van der Waals surface area contributed by atoms with Gasteiger partial charge in [0, 0.05) is 30.2 Å².